The lowest BCUT2D eigenvalue weighted by atomic mass is 10.2. The summed E-state index contributed by atoms with van der Waals surface area (Å²) in [7, 11) is 0. The molecular formula is C20H19BrN4O3S. The van der Waals surface area contributed by atoms with E-state index in [-0.39, 0.29) is 23.4 Å². The number of nitrogens with two attached hydrogens (primary N) is 1. The lowest BCUT2D eigenvalue weighted by Crippen LogP contribution is -2.31. The van der Waals surface area contributed by atoms with Gasteiger partial charge in [-0.1, -0.05) is 39.8 Å². The predicted molar refractivity (Wildman–Crippen MR) is 119 cm³/mol. The maximum Gasteiger partial charge on any atom is 0.247 e. The zero-order chi connectivity index (χ0) is 20.8. The van der Waals surface area contributed by atoms with Gasteiger partial charge in [0.05, 0.1) is 18.5 Å². The fraction of sp³-hybridized carbons (Fsp3) is 0.200. The highest BCUT2D eigenvalue weighted by Gasteiger charge is 2.40. The Bertz CT molecular complexity index is 945. The van der Waals surface area contributed by atoms with Gasteiger partial charge >= 0.3 is 0 Å². The first kappa shape index (κ1) is 21.1. The Morgan fingerprint density at radius 2 is 1.93 bits per heavy atom. The van der Waals surface area contributed by atoms with Crippen molar-refractivity contribution in [3.05, 3.63) is 58.6 Å². The Kier molecular flexibility index (Phi) is 7.05. The molecule has 1 fully saturated rings. The Hall–Kier alpha value is -2.65. The number of thioether (sulfide) groups is 1. The van der Waals surface area contributed by atoms with E-state index in [0.29, 0.717) is 18.0 Å². The van der Waals surface area contributed by atoms with Crippen LogP contribution in [0.5, 0.6) is 5.75 Å². The van der Waals surface area contributed by atoms with E-state index in [0.717, 1.165) is 21.8 Å². The topological polar surface area (TPSA) is 97.3 Å². The van der Waals surface area contributed by atoms with Gasteiger partial charge in [-0.2, -0.15) is 5.10 Å². The van der Waals surface area contributed by atoms with Crippen molar-refractivity contribution in [3.8, 4) is 5.75 Å². The molecule has 1 unspecified atom stereocenters. The van der Waals surface area contributed by atoms with Crippen molar-refractivity contribution in [1.29, 1.82) is 0 Å². The number of halogens is 1. The van der Waals surface area contributed by atoms with Crippen LogP contribution in [0.3, 0.4) is 0 Å². The van der Waals surface area contributed by atoms with Gasteiger partial charge in [-0.05, 0) is 48.9 Å². The molecule has 29 heavy (non-hydrogen) atoms. The summed E-state index contributed by atoms with van der Waals surface area (Å²) in [4.78, 5) is 26.2. The maximum atomic E-state index is 12.7. The number of nitrogens with zero attached hydrogens (tertiary/aromatic N) is 3. The number of rotatable bonds is 6. The number of imide groups is 1. The summed E-state index contributed by atoms with van der Waals surface area (Å²) in [6.07, 6.45) is 1.62. The van der Waals surface area contributed by atoms with Gasteiger partial charge in [-0.3, -0.25) is 9.59 Å². The quantitative estimate of drug-likeness (QED) is 0.298. The van der Waals surface area contributed by atoms with E-state index in [1.54, 1.807) is 30.5 Å². The van der Waals surface area contributed by atoms with Crippen LogP contribution in [-0.4, -0.2) is 35.1 Å². The molecule has 1 aliphatic rings. The summed E-state index contributed by atoms with van der Waals surface area (Å²) in [6, 6.07) is 14.4. The van der Waals surface area contributed by atoms with Gasteiger partial charge < -0.3 is 10.5 Å². The van der Waals surface area contributed by atoms with Crippen molar-refractivity contribution in [2.45, 2.75) is 18.6 Å². The minimum Gasteiger partial charge on any atom is -0.494 e. The van der Waals surface area contributed by atoms with E-state index in [1.165, 1.54) is 4.90 Å². The summed E-state index contributed by atoms with van der Waals surface area (Å²) >= 11 is 4.40. The molecule has 0 aromatic heterocycles. The summed E-state index contributed by atoms with van der Waals surface area (Å²) in [6.45, 7) is 2.43. The van der Waals surface area contributed by atoms with Gasteiger partial charge in [0, 0.05) is 10.9 Å². The first-order chi connectivity index (χ1) is 14.0. The normalized spacial score (nSPS) is 17.4. The first-order valence-corrected chi connectivity index (χ1v) is 10.5. The monoisotopic (exact) mass is 474 g/mol. The molecule has 2 aromatic carbocycles. The van der Waals surface area contributed by atoms with Gasteiger partial charge in [0.25, 0.3) is 0 Å². The Morgan fingerprint density at radius 1 is 1.24 bits per heavy atom. The second-order valence-electron chi connectivity index (χ2n) is 6.04. The molecule has 0 bridgehead atoms. The lowest BCUT2D eigenvalue weighted by Gasteiger charge is -2.15. The van der Waals surface area contributed by atoms with Crippen LogP contribution in [0.1, 0.15) is 18.9 Å². The number of amides is 2. The van der Waals surface area contributed by atoms with Crippen LogP contribution in [-0.2, 0) is 9.59 Å². The van der Waals surface area contributed by atoms with Gasteiger partial charge in [-0.25, -0.2) is 4.90 Å². The fourth-order valence-corrected chi connectivity index (χ4v) is 3.78. The number of anilines is 1. The largest absolute Gasteiger partial charge is 0.494 e. The second-order valence-corrected chi connectivity index (χ2v) is 8.18. The van der Waals surface area contributed by atoms with Gasteiger partial charge in [0.15, 0.2) is 5.17 Å². The number of carbonyl (C=O) groups is 2. The molecule has 0 saturated carbocycles. The third-order valence-electron chi connectivity index (χ3n) is 4.01. The molecule has 0 aliphatic carbocycles. The van der Waals surface area contributed by atoms with Gasteiger partial charge in [0.1, 0.15) is 11.0 Å². The molecule has 1 saturated heterocycles. The molecule has 0 spiro atoms. The zero-order valence-electron chi connectivity index (χ0n) is 15.6. The molecule has 2 amide bonds. The second kappa shape index (κ2) is 9.71. The van der Waals surface area contributed by atoms with E-state index >= 15 is 0 Å². The minimum atomic E-state index is -0.624. The molecule has 9 heteroatoms. The minimum absolute atomic E-state index is 0.0589. The first-order valence-electron chi connectivity index (χ1n) is 8.86. The predicted octanol–water partition coefficient (Wildman–Crippen LogP) is 3.56. The molecule has 150 valence electrons. The SMILES string of the molecule is CCOc1ccc(N2C(=O)CC(S/C(N)=N/N=C/c3ccc(Br)cc3)C2=O)cc1. The van der Waals surface area contributed by atoms with Crippen molar-refractivity contribution in [1.82, 2.24) is 0 Å². The van der Waals surface area contributed by atoms with Crippen molar-refractivity contribution in [2.24, 2.45) is 15.9 Å². The summed E-state index contributed by atoms with van der Waals surface area (Å²) in [5.41, 5.74) is 7.25. The lowest BCUT2D eigenvalue weighted by molar-refractivity contribution is -0.121. The third kappa shape index (κ3) is 5.45. The Labute approximate surface area is 181 Å². The van der Waals surface area contributed by atoms with Crippen LogP contribution in [0.15, 0.2) is 63.2 Å². The number of carbonyl (C=O) groups excluding carboxylic acids is 2. The van der Waals surface area contributed by atoms with Gasteiger partial charge in [-0.15, -0.1) is 5.10 Å². The van der Waals surface area contributed by atoms with Crippen LogP contribution in [0.2, 0.25) is 0 Å². The molecule has 3 rings (SSSR count). The van der Waals surface area contributed by atoms with Crippen LogP contribution < -0.4 is 15.4 Å². The average molecular weight is 475 g/mol. The summed E-state index contributed by atoms with van der Waals surface area (Å²) in [5.74, 6) is 0.0864. The number of hydrogen-bond donors (Lipinski definition) is 1. The summed E-state index contributed by atoms with van der Waals surface area (Å²) in [5, 5.41) is 7.35. The molecule has 7 nitrogen and oxygen atoms in total. The van der Waals surface area contributed by atoms with E-state index in [4.69, 9.17) is 10.5 Å². The van der Waals surface area contributed by atoms with Crippen molar-refractivity contribution >= 4 is 56.6 Å². The zero-order valence-corrected chi connectivity index (χ0v) is 18.0. The van der Waals surface area contributed by atoms with Crippen LogP contribution in [0.4, 0.5) is 5.69 Å². The highest BCUT2D eigenvalue weighted by atomic mass is 79.9. The van der Waals surface area contributed by atoms with Crippen LogP contribution in [0, 0.1) is 0 Å². The third-order valence-corrected chi connectivity index (χ3v) is 5.51. The van der Waals surface area contributed by atoms with Gasteiger partial charge in [0.2, 0.25) is 11.8 Å². The Balaban J connectivity index is 1.63. The molecule has 0 radical (unpaired) electrons. The van der Waals surface area contributed by atoms with E-state index in [9.17, 15) is 9.59 Å². The standard InChI is InChI=1S/C20H19BrN4O3S/c1-2-28-16-9-7-15(8-10-16)25-18(26)11-17(19(25)27)29-20(22)24-23-12-13-3-5-14(21)6-4-13/h3-10,12,17H,2,11H2,1H3,(H2,22,24)/b23-12+. The molecule has 1 atom stereocenters. The molecule has 1 aliphatic heterocycles. The highest BCUT2D eigenvalue weighted by molar-refractivity contribution is 9.10. The van der Waals surface area contributed by atoms with E-state index in [2.05, 4.69) is 26.1 Å². The summed E-state index contributed by atoms with van der Waals surface area (Å²) < 4.78 is 6.35. The maximum absolute atomic E-state index is 12.7. The highest BCUT2D eigenvalue weighted by Crippen LogP contribution is 2.30. The number of benzene rings is 2. The van der Waals surface area contributed by atoms with Crippen molar-refractivity contribution in [3.63, 3.8) is 0 Å². The number of amidine groups is 1. The molecular weight excluding hydrogens is 456 g/mol. The van der Waals surface area contributed by atoms with Crippen molar-refractivity contribution < 1.29 is 14.3 Å². The van der Waals surface area contributed by atoms with E-state index in [1.807, 2.05) is 31.2 Å². The van der Waals surface area contributed by atoms with Crippen LogP contribution in [0.25, 0.3) is 0 Å². The van der Waals surface area contributed by atoms with Crippen LogP contribution >= 0.6 is 27.7 Å². The fourth-order valence-electron chi connectivity index (χ4n) is 2.70. The van der Waals surface area contributed by atoms with Crippen molar-refractivity contribution in [2.75, 3.05) is 11.5 Å². The smallest absolute Gasteiger partial charge is 0.247 e. The Morgan fingerprint density at radius 3 is 2.59 bits per heavy atom. The van der Waals surface area contributed by atoms with E-state index < -0.39 is 5.25 Å². The molecule has 2 N–H and O–H groups in total. The number of hydrogen-bond acceptors (Lipinski definition) is 6. The molecule has 2 aromatic rings. The average Bonchev–Trinajstić information content (AvgIpc) is 2.97. The number of ether oxygens (including phenoxy) is 1. The molecule has 1 heterocycles.